The quantitative estimate of drug-likeness (QED) is 0.716. The molecule has 0 bridgehead atoms. The lowest BCUT2D eigenvalue weighted by Crippen LogP contribution is -2.60. The molecule has 3 rings (SSSR count). The second kappa shape index (κ2) is 3.24. The van der Waals surface area contributed by atoms with E-state index in [1.54, 1.807) is 5.56 Å². The Morgan fingerprint density at radius 1 is 1.31 bits per heavy atom. The monoisotopic (exact) mass is 216 g/mol. The molecule has 2 aliphatic rings. The minimum Gasteiger partial charge on any atom is -0.369 e. The third-order valence-corrected chi connectivity index (χ3v) is 4.29. The summed E-state index contributed by atoms with van der Waals surface area (Å²) in [7, 11) is 2.23. The summed E-state index contributed by atoms with van der Waals surface area (Å²) >= 11 is 0. The van der Waals surface area contributed by atoms with Crippen LogP contribution in [0.15, 0.2) is 24.3 Å². The van der Waals surface area contributed by atoms with E-state index >= 15 is 0 Å². The van der Waals surface area contributed by atoms with E-state index in [0.717, 1.165) is 6.54 Å². The fourth-order valence-corrected chi connectivity index (χ4v) is 3.67. The molecule has 0 amide bonds. The number of benzene rings is 1. The summed E-state index contributed by atoms with van der Waals surface area (Å²) < 4.78 is 0. The highest BCUT2D eigenvalue weighted by molar-refractivity contribution is 5.62. The zero-order valence-electron chi connectivity index (χ0n) is 10.3. The maximum Gasteiger partial charge on any atom is 0.0532 e. The first kappa shape index (κ1) is 10.2. The van der Waals surface area contributed by atoms with Crippen molar-refractivity contribution < 1.29 is 0 Å². The number of rotatable bonds is 0. The molecular formula is C14H20N2. The van der Waals surface area contributed by atoms with Crippen LogP contribution in [0.2, 0.25) is 0 Å². The Bertz CT molecular complexity index is 411. The number of nitrogens with one attached hydrogen (secondary N) is 1. The lowest BCUT2D eigenvalue weighted by molar-refractivity contribution is 0.237. The average Bonchev–Trinajstić information content (AvgIpc) is 2.54. The first-order chi connectivity index (χ1) is 7.61. The number of fused-ring (bicyclic) bond motifs is 3. The Hall–Kier alpha value is -1.02. The number of para-hydroxylation sites is 1. The maximum absolute atomic E-state index is 3.65. The molecule has 2 atom stereocenters. The predicted molar refractivity (Wildman–Crippen MR) is 68.1 cm³/mol. The Labute approximate surface area is 97.6 Å². The summed E-state index contributed by atoms with van der Waals surface area (Å²) in [6.07, 6.45) is 1.26. The molecule has 1 saturated heterocycles. The first-order valence-electron chi connectivity index (χ1n) is 6.18. The molecule has 2 nitrogen and oxygen atoms in total. The van der Waals surface area contributed by atoms with Crippen LogP contribution in [0.1, 0.15) is 31.7 Å². The summed E-state index contributed by atoms with van der Waals surface area (Å²) in [4.78, 5) is 2.46. The highest BCUT2D eigenvalue weighted by Crippen LogP contribution is 2.46. The molecular weight excluding hydrogens is 196 g/mol. The molecule has 86 valence electrons. The number of hydrogen-bond donors (Lipinski definition) is 1. The largest absolute Gasteiger partial charge is 0.369 e. The first-order valence-corrected chi connectivity index (χ1v) is 6.18. The third-order valence-electron chi connectivity index (χ3n) is 4.29. The predicted octanol–water partition coefficient (Wildman–Crippen LogP) is 2.36. The molecule has 2 heterocycles. The van der Waals surface area contributed by atoms with E-state index in [2.05, 4.69) is 55.4 Å². The van der Waals surface area contributed by atoms with E-state index in [4.69, 9.17) is 0 Å². The number of hydrogen-bond acceptors (Lipinski definition) is 2. The lowest BCUT2D eigenvalue weighted by atomic mass is 9.78. The van der Waals surface area contributed by atoms with Crippen LogP contribution in [0.5, 0.6) is 0 Å². The van der Waals surface area contributed by atoms with E-state index in [1.165, 1.54) is 12.1 Å². The van der Waals surface area contributed by atoms with Crippen molar-refractivity contribution in [2.45, 2.75) is 37.8 Å². The molecule has 0 radical (unpaired) electrons. The molecule has 0 saturated carbocycles. The summed E-state index contributed by atoms with van der Waals surface area (Å²) in [5.74, 6) is 0.706. The van der Waals surface area contributed by atoms with Gasteiger partial charge in [0.1, 0.15) is 0 Å². The van der Waals surface area contributed by atoms with Crippen molar-refractivity contribution in [2.24, 2.45) is 0 Å². The average molecular weight is 216 g/mol. The van der Waals surface area contributed by atoms with Gasteiger partial charge in [-0.25, -0.2) is 0 Å². The molecule has 0 aromatic heterocycles. The number of likely N-dealkylation sites (N-methyl/N-ethyl adjacent to an activating group) is 1. The van der Waals surface area contributed by atoms with Gasteiger partial charge in [0.05, 0.1) is 6.04 Å². The second-order valence-corrected chi connectivity index (χ2v) is 5.66. The summed E-state index contributed by atoms with van der Waals surface area (Å²) in [6.45, 7) is 5.79. The van der Waals surface area contributed by atoms with Crippen LogP contribution in [0, 0.1) is 0 Å². The molecule has 16 heavy (non-hydrogen) atoms. The molecule has 0 aliphatic carbocycles. The van der Waals surface area contributed by atoms with Crippen LogP contribution in [0.4, 0.5) is 5.69 Å². The Morgan fingerprint density at radius 2 is 2.06 bits per heavy atom. The minimum atomic E-state index is 0.205. The Kier molecular flexibility index (Phi) is 2.05. The summed E-state index contributed by atoms with van der Waals surface area (Å²) in [5, 5.41) is 3.65. The molecule has 2 unspecified atom stereocenters. The molecule has 0 spiro atoms. The van der Waals surface area contributed by atoms with Crippen molar-refractivity contribution >= 4 is 5.69 Å². The van der Waals surface area contributed by atoms with Crippen molar-refractivity contribution in [1.82, 2.24) is 5.32 Å². The smallest absolute Gasteiger partial charge is 0.0532 e. The van der Waals surface area contributed by atoms with Gasteiger partial charge in [-0.05, 0) is 38.4 Å². The second-order valence-electron chi connectivity index (χ2n) is 5.66. The van der Waals surface area contributed by atoms with Gasteiger partial charge in [-0.2, -0.15) is 0 Å². The van der Waals surface area contributed by atoms with Crippen molar-refractivity contribution in [2.75, 3.05) is 18.5 Å². The fourth-order valence-electron chi connectivity index (χ4n) is 3.67. The molecule has 1 aromatic carbocycles. The van der Waals surface area contributed by atoms with E-state index in [0.29, 0.717) is 12.0 Å². The summed E-state index contributed by atoms with van der Waals surface area (Å²) in [6, 6.07) is 9.47. The van der Waals surface area contributed by atoms with Gasteiger partial charge in [0.25, 0.3) is 0 Å². The summed E-state index contributed by atoms with van der Waals surface area (Å²) in [5.41, 5.74) is 3.18. The Morgan fingerprint density at radius 3 is 2.88 bits per heavy atom. The van der Waals surface area contributed by atoms with Crippen molar-refractivity contribution in [3.05, 3.63) is 29.8 Å². The standard InChI is InChI=1S/C14H20N2/c1-14(2)13-11(8-9-15-14)10-6-4-5-7-12(10)16(13)3/h4-7,11,13,15H,8-9H2,1-3H3. The van der Waals surface area contributed by atoms with E-state index in [1.807, 2.05) is 0 Å². The van der Waals surface area contributed by atoms with Gasteiger partial charge in [0.15, 0.2) is 0 Å². The fraction of sp³-hybridized carbons (Fsp3) is 0.571. The van der Waals surface area contributed by atoms with Gasteiger partial charge in [-0.3, -0.25) is 0 Å². The zero-order valence-corrected chi connectivity index (χ0v) is 10.3. The van der Waals surface area contributed by atoms with E-state index in [-0.39, 0.29) is 5.54 Å². The van der Waals surface area contributed by atoms with Crippen molar-refractivity contribution in [3.63, 3.8) is 0 Å². The molecule has 1 N–H and O–H groups in total. The van der Waals surface area contributed by atoms with Gasteiger partial charge < -0.3 is 10.2 Å². The van der Waals surface area contributed by atoms with Crippen LogP contribution in [-0.2, 0) is 0 Å². The normalized spacial score (nSPS) is 31.1. The van der Waals surface area contributed by atoms with Crippen LogP contribution < -0.4 is 10.2 Å². The number of nitrogens with zero attached hydrogens (tertiary/aromatic N) is 1. The van der Waals surface area contributed by atoms with Crippen LogP contribution in [0.3, 0.4) is 0 Å². The number of piperidine rings is 1. The topological polar surface area (TPSA) is 15.3 Å². The maximum atomic E-state index is 3.65. The SMILES string of the molecule is CN1c2ccccc2C2CCNC(C)(C)C21. The van der Waals surface area contributed by atoms with Crippen LogP contribution in [0.25, 0.3) is 0 Å². The van der Waals surface area contributed by atoms with E-state index in [9.17, 15) is 0 Å². The third kappa shape index (κ3) is 1.23. The van der Waals surface area contributed by atoms with Gasteiger partial charge >= 0.3 is 0 Å². The Balaban J connectivity index is 2.09. The van der Waals surface area contributed by atoms with Crippen LogP contribution >= 0.6 is 0 Å². The highest BCUT2D eigenvalue weighted by atomic mass is 15.2. The number of anilines is 1. The zero-order chi connectivity index (χ0) is 11.3. The van der Waals surface area contributed by atoms with Gasteiger partial charge in [0.2, 0.25) is 0 Å². The molecule has 1 aromatic rings. The molecule has 2 heteroatoms. The minimum absolute atomic E-state index is 0.205. The molecule has 2 aliphatic heterocycles. The highest BCUT2D eigenvalue weighted by Gasteiger charge is 2.46. The van der Waals surface area contributed by atoms with Crippen LogP contribution in [-0.4, -0.2) is 25.2 Å². The van der Waals surface area contributed by atoms with Gasteiger partial charge in [-0.15, -0.1) is 0 Å². The molecule has 1 fully saturated rings. The van der Waals surface area contributed by atoms with Crippen molar-refractivity contribution in [1.29, 1.82) is 0 Å². The van der Waals surface area contributed by atoms with E-state index < -0.39 is 0 Å². The van der Waals surface area contributed by atoms with Gasteiger partial charge in [-0.1, -0.05) is 18.2 Å². The van der Waals surface area contributed by atoms with Gasteiger partial charge in [0, 0.05) is 24.2 Å². The lowest BCUT2D eigenvalue weighted by Gasteiger charge is -2.45. The van der Waals surface area contributed by atoms with Crippen molar-refractivity contribution in [3.8, 4) is 0 Å².